The van der Waals surface area contributed by atoms with Crippen molar-refractivity contribution < 1.29 is 5.11 Å². The molecular formula is C11H20O. The van der Waals surface area contributed by atoms with Crippen molar-refractivity contribution in [2.24, 2.45) is 17.3 Å². The van der Waals surface area contributed by atoms with Gasteiger partial charge >= 0.3 is 0 Å². The van der Waals surface area contributed by atoms with Crippen molar-refractivity contribution in [3.05, 3.63) is 0 Å². The summed E-state index contributed by atoms with van der Waals surface area (Å²) >= 11 is 0. The standard InChI is InChI=1S/C11H20O/c1-9(10-3-4-10)7-11(8-12)5-2-6-11/h9-10,12H,2-8H2,1H3. The molecule has 1 N–H and O–H groups in total. The summed E-state index contributed by atoms with van der Waals surface area (Å²) in [6.45, 7) is 2.80. The van der Waals surface area contributed by atoms with E-state index < -0.39 is 0 Å². The average molecular weight is 168 g/mol. The van der Waals surface area contributed by atoms with Crippen molar-refractivity contribution >= 4 is 0 Å². The van der Waals surface area contributed by atoms with Crippen LogP contribution in [0.15, 0.2) is 0 Å². The zero-order valence-corrected chi connectivity index (χ0v) is 8.05. The van der Waals surface area contributed by atoms with E-state index in [9.17, 15) is 5.11 Å². The quantitative estimate of drug-likeness (QED) is 0.684. The molecule has 12 heavy (non-hydrogen) atoms. The van der Waals surface area contributed by atoms with Gasteiger partial charge < -0.3 is 5.11 Å². The highest BCUT2D eigenvalue weighted by atomic mass is 16.3. The normalized spacial score (nSPS) is 29.5. The molecule has 2 aliphatic carbocycles. The van der Waals surface area contributed by atoms with E-state index in [2.05, 4.69) is 6.92 Å². The minimum Gasteiger partial charge on any atom is -0.396 e. The van der Waals surface area contributed by atoms with Crippen LogP contribution < -0.4 is 0 Å². The van der Waals surface area contributed by atoms with E-state index >= 15 is 0 Å². The maximum atomic E-state index is 9.29. The largest absolute Gasteiger partial charge is 0.396 e. The van der Waals surface area contributed by atoms with Crippen LogP contribution in [0.2, 0.25) is 0 Å². The SMILES string of the molecule is CC(CC1(CO)CCC1)C1CC1. The molecule has 1 unspecified atom stereocenters. The molecule has 0 bridgehead atoms. The van der Waals surface area contributed by atoms with Crippen LogP contribution >= 0.6 is 0 Å². The van der Waals surface area contributed by atoms with Gasteiger partial charge in [0.15, 0.2) is 0 Å². The van der Waals surface area contributed by atoms with Gasteiger partial charge in [0.05, 0.1) is 0 Å². The Morgan fingerprint density at radius 3 is 2.42 bits per heavy atom. The first-order valence-electron chi connectivity index (χ1n) is 5.37. The van der Waals surface area contributed by atoms with Gasteiger partial charge in [0, 0.05) is 6.61 Å². The number of rotatable bonds is 4. The third-order valence-corrected chi connectivity index (χ3v) is 3.93. The van der Waals surface area contributed by atoms with E-state index in [0.29, 0.717) is 12.0 Å². The van der Waals surface area contributed by atoms with Crippen LogP contribution in [0.4, 0.5) is 0 Å². The molecule has 70 valence electrons. The highest BCUT2D eigenvalue weighted by molar-refractivity contribution is 4.91. The monoisotopic (exact) mass is 168 g/mol. The Bertz CT molecular complexity index is 151. The predicted molar refractivity (Wildman–Crippen MR) is 49.9 cm³/mol. The smallest absolute Gasteiger partial charge is 0.0487 e. The Balaban J connectivity index is 1.82. The van der Waals surface area contributed by atoms with Crippen molar-refractivity contribution in [1.29, 1.82) is 0 Å². The highest BCUT2D eigenvalue weighted by Gasteiger charge is 2.40. The van der Waals surface area contributed by atoms with E-state index in [-0.39, 0.29) is 0 Å². The second kappa shape index (κ2) is 3.02. The van der Waals surface area contributed by atoms with Crippen LogP contribution in [0.1, 0.15) is 45.4 Å². The Kier molecular flexibility index (Phi) is 2.16. The van der Waals surface area contributed by atoms with Gasteiger partial charge in [-0.05, 0) is 49.4 Å². The molecule has 0 heterocycles. The van der Waals surface area contributed by atoms with Crippen molar-refractivity contribution in [1.82, 2.24) is 0 Å². The lowest BCUT2D eigenvalue weighted by Gasteiger charge is -2.42. The summed E-state index contributed by atoms with van der Waals surface area (Å²) in [5, 5.41) is 9.29. The zero-order chi connectivity index (χ0) is 8.60. The fraction of sp³-hybridized carbons (Fsp3) is 1.00. The molecule has 1 nitrogen and oxygen atoms in total. The van der Waals surface area contributed by atoms with Gasteiger partial charge in [-0.25, -0.2) is 0 Å². The first-order valence-corrected chi connectivity index (χ1v) is 5.37. The van der Waals surface area contributed by atoms with Crippen LogP contribution in [-0.4, -0.2) is 11.7 Å². The molecule has 0 aromatic rings. The summed E-state index contributed by atoms with van der Waals surface area (Å²) in [7, 11) is 0. The molecule has 0 aromatic heterocycles. The first kappa shape index (κ1) is 8.55. The van der Waals surface area contributed by atoms with Crippen molar-refractivity contribution in [3.63, 3.8) is 0 Å². The Morgan fingerprint density at radius 2 is 2.08 bits per heavy atom. The lowest BCUT2D eigenvalue weighted by atomic mass is 9.64. The summed E-state index contributed by atoms with van der Waals surface area (Å²) in [5.41, 5.74) is 0.363. The molecule has 2 aliphatic rings. The summed E-state index contributed by atoms with van der Waals surface area (Å²) in [5.74, 6) is 1.88. The van der Waals surface area contributed by atoms with Crippen molar-refractivity contribution in [2.45, 2.75) is 45.4 Å². The van der Waals surface area contributed by atoms with Crippen LogP contribution in [0.5, 0.6) is 0 Å². The molecule has 0 radical (unpaired) electrons. The maximum Gasteiger partial charge on any atom is 0.0487 e. The van der Waals surface area contributed by atoms with Gasteiger partial charge in [0.1, 0.15) is 0 Å². The van der Waals surface area contributed by atoms with Crippen molar-refractivity contribution in [2.75, 3.05) is 6.61 Å². The van der Waals surface area contributed by atoms with Gasteiger partial charge in [-0.15, -0.1) is 0 Å². The average Bonchev–Trinajstić information content (AvgIpc) is 2.78. The molecule has 0 amide bonds. The second-order valence-electron chi connectivity index (χ2n) is 5.03. The van der Waals surface area contributed by atoms with E-state index in [1.165, 1.54) is 38.5 Å². The topological polar surface area (TPSA) is 20.2 Å². The second-order valence-corrected chi connectivity index (χ2v) is 5.03. The van der Waals surface area contributed by atoms with Gasteiger partial charge in [-0.1, -0.05) is 13.3 Å². The van der Waals surface area contributed by atoms with Gasteiger partial charge in [0.25, 0.3) is 0 Å². The minimum atomic E-state index is 0.363. The van der Waals surface area contributed by atoms with Crippen molar-refractivity contribution in [3.8, 4) is 0 Å². The lowest BCUT2D eigenvalue weighted by Crippen LogP contribution is -2.35. The molecule has 0 spiro atoms. The number of hydrogen-bond acceptors (Lipinski definition) is 1. The Hall–Kier alpha value is -0.0400. The molecule has 0 saturated heterocycles. The van der Waals surface area contributed by atoms with Gasteiger partial charge in [0.2, 0.25) is 0 Å². The van der Waals surface area contributed by atoms with Gasteiger partial charge in [-0.2, -0.15) is 0 Å². The molecule has 2 rings (SSSR count). The van der Waals surface area contributed by atoms with Crippen LogP contribution in [0.3, 0.4) is 0 Å². The van der Waals surface area contributed by atoms with Crippen LogP contribution in [0.25, 0.3) is 0 Å². The maximum absolute atomic E-state index is 9.29. The molecular weight excluding hydrogens is 148 g/mol. The zero-order valence-electron chi connectivity index (χ0n) is 8.05. The molecule has 0 aliphatic heterocycles. The summed E-state index contributed by atoms with van der Waals surface area (Å²) in [6, 6.07) is 0. The number of aliphatic hydroxyl groups is 1. The fourth-order valence-electron chi connectivity index (χ4n) is 2.62. The Morgan fingerprint density at radius 1 is 1.42 bits per heavy atom. The third-order valence-electron chi connectivity index (χ3n) is 3.93. The first-order chi connectivity index (χ1) is 5.76. The van der Waals surface area contributed by atoms with E-state index in [4.69, 9.17) is 0 Å². The van der Waals surface area contributed by atoms with Gasteiger partial charge in [-0.3, -0.25) is 0 Å². The lowest BCUT2D eigenvalue weighted by molar-refractivity contribution is 0.0195. The highest BCUT2D eigenvalue weighted by Crippen LogP contribution is 2.49. The van der Waals surface area contributed by atoms with E-state index in [1.54, 1.807) is 0 Å². The molecule has 2 saturated carbocycles. The van der Waals surface area contributed by atoms with Crippen LogP contribution in [-0.2, 0) is 0 Å². The molecule has 0 aromatic carbocycles. The predicted octanol–water partition coefficient (Wildman–Crippen LogP) is 2.59. The number of aliphatic hydroxyl groups excluding tert-OH is 1. The summed E-state index contributed by atoms with van der Waals surface area (Å²) < 4.78 is 0. The number of hydrogen-bond donors (Lipinski definition) is 1. The fourth-order valence-corrected chi connectivity index (χ4v) is 2.62. The third kappa shape index (κ3) is 1.52. The summed E-state index contributed by atoms with van der Waals surface area (Å²) in [6.07, 6.45) is 8.08. The molecule has 1 atom stereocenters. The van der Waals surface area contributed by atoms with E-state index in [0.717, 1.165) is 11.8 Å². The van der Waals surface area contributed by atoms with Crippen LogP contribution in [0, 0.1) is 17.3 Å². The minimum absolute atomic E-state index is 0.363. The molecule has 2 fully saturated rings. The Labute approximate surface area is 75.2 Å². The molecule has 1 heteroatoms. The van der Waals surface area contributed by atoms with E-state index in [1.807, 2.05) is 0 Å². The summed E-state index contributed by atoms with van der Waals surface area (Å²) in [4.78, 5) is 0.